The van der Waals surface area contributed by atoms with E-state index < -0.39 is 12.3 Å². The lowest BCUT2D eigenvalue weighted by Gasteiger charge is -2.49. The highest BCUT2D eigenvalue weighted by atomic mass is 16.7. The third kappa shape index (κ3) is 3.37. The number of likely N-dealkylation sites (N-methyl/N-ethyl adjacent to an activating group) is 3. The van der Waals surface area contributed by atoms with E-state index in [0.29, 0.717) is 0 Å². The molecule has 0 aromatic heterocycles. The van der Waals surface area contributed by atoms with Gasteiger partial charge in [-0.05, 0) is 42.3 Å². The van der Waals surface area contributed by atoms with Gasteiger partial charge in [-0.1, -0.05) is 0 Å². The number of nitrogens with zero attached hydrogens (tertiary/aromatic N) is 3. The summed E-state index contributed by atoms with van der Waals surface area (Å²) >= 11 is 0. The summed E-state index contributed by atoms with van der Waals surface area (Å²) in [6.07, 6.45) is 0. The lowest BCUT2D eigenvalue weighted by Crippen LogP contribution is -2.67. The molecule has 6 heteroatoms. The van der Waals surface area contributed by atoms with Gasteiger partial charge in [0.15, 0.2) is 5.79 Å². The summed E-state index contributed by atoms with van der Waals surface area (Å²) in [6, 6.07) is 0. The summed E-state index contributed by atoms with van der Waals surface area (Å²) in [5, 5.41) is 17.5. The SMILES string of the molecule is CN(C)C(COC(O)O)(N(C)C)N(C)C. The van der Waals surface area contributed by atoms with Crippen molar-refractivity contribution in [2.45, 2.75) is 12.3 Å². The van der Waals surface area contributed by atoms with Crippen molar-refractivity contribution in [1.82, 2.24) is 14.7 Å². The molecule has 0 aliphatic heterocycles. The second-order valence-electron chi connectivity index (χ2n) is 4.09. The zero-order valence-electron chi connectivity index (χ0n) is 10.4. The Kier molecular flexibility index (Phi) is 5.65. The Hall–Kier alpha value is -0.240. The van der Waals surface area contributed by atoms with Crippen LogP contribution in [0.25, 0.3) is 0 Å². The Morgan fingerprint density at radius 1 is 0.933 bits per heavy atom. The Balaban J connectivity index is 4.80. The number of hydrogen-bond acceptors (Lipinski definition) is 6. The Morgan fingerprint density at radius 2 is 1.27 bits per heavy atom. The minimum absolute atomic E-state index is 0.164. The Bertz CT molecular complexity index is 162. The average molecular weight is 221 g/mol. The Morgan fingerprint density at radius 3 is 1.47 bits per heavy atom. The first-order valence-corrected chi connectivity index (χ1v) is 4.75. The molecule has 0 atom stereocenters. The largest absolute Gasteiger partial charge is 0.346 e. The summed E-state index contributed by atoms with van der Waals surface area (Å²) in [4.78, 5) is 5.86. The zero-order valence-corrected chi connectivity index (χ0v) is 10.4. The number of hydrogen-bond donors (Lipinski definition) is 2. The van der Waals surface area contributed by atoms with Gasteiger partial charge in [0.25, 0.3) is 6.48 Å². The van der Waals surface area contributed by atoms with Gasteiger partial charge in [0.1, 0.15) is 0 Å². The Labute approximate surface area is 91.6 Å². The zero-order chi connectivity index (χ0) is 12.2. The minimum atomic E-state index is -1.75. The number of ether oxygens (including phenoxy) is 1. The number of aliphatic hydroxyl groups excluding tert-OH is 1. The van der Waals surface area contributed by atoms with Gasteiger partial charge >= 0.3 is 0 Å². The van der Waals surface area contributed by atoms with Crippen LogP contribution in [0.4, 0.5) is 0 Å². The molecule has 0 unspecified atom stereocenters. The van der Waals surface area contributed by atoms with E-state index in [1.54, 1.807) is 0 Å². The van der Waals surface area contributed by atoms with Crippen LogP contribution >= 0.6 is 0 Å². The van der Waals surface area contributed by atoms with E-state index in [1.165, 1.54) is 0 Å². The highest BCUT2D eigenvalue weighted by Crippen LogP contribution is 2.18. The molecular weight excluding hydrogens is 198 g/mol. The molecule has 92 valence electrons. The maximum absolute atomic E-state index is 8.74. The minimum Gasteiger partial charge on any atom is -0.346 e. The molecule has 0 amide bonds. The molecule has 0 saturated heterocycles. The topological polar surface area (TPSA) is 59.4 Å². The van der Waals surface area contributed by atoms with Crippen molar-refractivity contribution in [3.05, 3.63) is 0 Å². The van der Waals surface area contributed by atoms with Crippen LogP contribution in [-0.2, 0) is 4.74 Å². The molecule has 0 bridgehead atoms. The highest BCUT2D eigenvalue weighted by molar-refractivity contribution is 4.82. The van der Waals surface area contributed by atoms with Crippen molar-refractivity contribution in [1.29, 1.82) is 0 Å². The third-order valence-corrected chi connectivity index (χ3v) is 2.57. The second kappa shape index (κ2) is 5.74. The normalized spacial score (nSPS) is 13.6. The fourth-order valence-corrected chi connectivity index (χ4v) is 1.77. The van der Waals surface area contributed by atoms with E-state index in [9.17, 15) is 0 Å². The molecule has 15 heavy (non-hydrogen) atoms. The highest BCUT2D eigenvalue weighted by Gasteiger charge is 2.38. The van der Waals surface area contributed by atoms with Crippen LogP contribution in [0.2, 0.25) is 0 Å². The first-order chi connectivity index (χ1) is 6.75. The van der Waals surface area contributed by atoms with Crippen LogP contribution in [0.5, 0.6) is 0 Å². The van der Waals surface area contributed by atoms with Crippen LogP contribution in [0.15, 0.2) is 0 Å². The van der Waals surface area contributed by atoms with Gasteiger partial charge in [0.2, 0.25) is 0 Å². The molecule has 0 aliphatic carbocycles. The maximum atomic E-state index is 8.74. The molecule has 0 aliphatic rings. The predicted octanol–water partition coefficient (Wildman–Crippen LogP) is -1.39. The van der Waals surface area contributed by atoms with Crippen LogP contribution in [0.1, 0.15) is 0 Å². The molecule has 0 spiro atoms. The van der Waals surface area contributed by atoms with Gasteiger partial charge in [-0.25, -0.2) is 0 Å². The second-order valence-corrected chi connectivity index (χ2v) is 4.09. The van der Waals surface area contributed by atoms with Crippen molar-refractivity contribution < 1.29 is 14.9 Å². The average Bonchev–Trinajstić information content (AvgIpc) is 2.02. The van der Waals surface area contributed by atoms with E-state index in [2.05, 4.69) is 0 Å². The lowest BCUT2D eigenvalue weighted by atomic mass is 10.2. The molecule has 0 radical (unpaired) electrons. The monoisotopic (exact) mass is 221 g/mol. The van der Waals surface area contributed by atoms with E-state index >= 15 is 0 Å². The van der Waals surface area contributed by atoms with E-state index in [0.717, 1.165) is 0 Å². The van der Waals surface area contributed by atoms with Crippen molar-refractivity contribution in [3.63, 3.8) is 0 Å². The summed E-state index contributed by atoms with van der Waals surface area (Å²) in [7, 11) is 11.5. The lowest BCUT2D eigenvalue weighted by molar-refractivity contribution is -0.272. The van der Waals surface area contributed by atoms with Gasteiger partial charge in [-0.3, -0.25) is 14.7 Å². The van der Waals surface area contributed by atoms with Crippen LogP contribution < -0.4 is 0 Å². The maximum Gasteiger partial charge on any atom is 0.266 e. The molecule has 0 heterocycles. The van der Waals surface area contributed by atoms with Crippen molar-refractivity contribution >= 4 is 0 Å². The van der Waals surface area contributed by atoms with Crippen LogP contribution in [0.3, 0.4) is 0 Å². The standard InChI is InChI=1S/C9H23N3O3/c1-10(2)9(11(3)4,12(5)6)7-15-8(13)14/h8,13-14H,7H2,1-6H3. The van der Waals surface area contributed by atoms with Crippen molar-refractivity contribution in [3.8, 4) is 0 Å². The van der Waals surface area contributed by atoms with Gasteiger partial charge in [-0.2, -0.15) is 0 Å². The first-order valence-electron chi connectivity index (χ1n) is 4.75. The van der Waals surface area contributed by atoms with E-state index in [4.69, 9.17) is 14.9 Å². The van der Waals surface area contributed by atoms with Gasteiger partial charge in [0.05, 0.1) is 6.61 Å². The number of rotatable bonds is 6. The summed E-state index contributed by atoms with van der Waals surface area (Å²) in [6.45, 7) is -1.58. The molecule has 2 N–H and O–H groups in total. The molecule has 0 saturated carbocycles. The quantitative estimate of drug-likeness (QED) is 0.539. The van der Waals surface area contributed by atoms with Crippen molar-refractivity contribution in [2.24, 2.45) is 0 Å². The molecule has 0 aromatic rings. The van der Waals surface area contributed by atoms with Gasteiger partial charge < -0.3 is 14.9 Å². The number of aliphatic hydroxyl groups is 2. The van der Waals surface area contributed by atoms with E-state index in [-0.39, 0.29) is 6.61 Å². The molecule has 0 rings (SSSR count). The van der Waals surface area contributed by atoms with Crippen LogP contribution in [0, 0.1) is 0 Å². The third-order valence-electron chi connectivity index (χ3n) is 2.57. The van der Waals surface area contributed by atoms with Crippen molar-refractivity contribution in [2.75, 3.05) is 48.9 Å². The summed E-state index contributed by atoms with van der Waals surface area (Å²) < 4.78 is 4.88. The summed E-state index contributed by atoms with van der Waals surface area (Å²) in [5.41, 5.74) is 0. The fourth-order valence-electron chi connectivity index (χ4n) is 1.77. The molecular formula is C9H23N3O3. The van der Waals surface area contributed by atoms with Gasteiger partial charge in [-0.15, -0.1) is 0 Å². The van der Waals surface area contributed by atoms with Crippen LogP contribution in [-0.4, -0.2) is 86.1 Å². The predicted molar refractivity (Wildman–Crippen MR) is 58.0 cm³/mol. The van der Waals surface area contributed by atoms with Gasteiger partial charge in [0, 0.05) is 0 Å². The smallest absolute Gasteiger partial charge is 0.266 e. The summed E-state index contributed by atoms with van der Waals surface area (Å²) in [5.74, 6) is -0.510. The fraction of sp³-hybridized carbons (Fsp3) is 1.00. The molecule has 0 fully saturated rings. The molecule has 6 nitrogen and oxygen atoms in total. The van der Waals surface area contributed by atoms with E-state index in [1.807, 2.05) is 57.0 Å². The first kappa shape index (κ1) is 14.8. The molecule has 0 aromatic carbocycles.